The van der Waals surface area contributed by atoms with Gasteiger partial charge in [-0.15, -0.1) is 0 Å². The zero-order valence-corrected chi connectivity index (χ0v) is 11.3. The topological polar surface area (TPSA) is 43.8 Å². The van der Waals surface area contributed by atoms with Crippen molar-refractivity contribution in [1.82, 2.24) is 9.78 Å². The molecule has 2 N–H and O–H groups in total. The Bertz CT molecular complexity index is 479. The van der Waals surface area contributed by atoms with Gasteiger partial charge in [-0.3, -0.25) is 4.68 Å². The number of nitrogens with zero attached hydrogens (tertiary/aromatic N) is 2. The molecule has 84 valence electrons. The molecular formula is C12H14IN3. The summed E-state index contributed by atoms with van der Waals surface area (Å²) in [6, 6.07) is 8.16. The van der Waals surface area contributed by atoms with Gasteiger partial charge in [0.05, 0.1) is 12.2 Å². The van der Waals surface area contributed by atoms with Crippen LogP contribution >= 0.6 is 22.6 Å². The smallest absolute Gasteiger partial charge is 0.0583 e. The minimum atomic E-state index is -0.0879. The fraction of sp³-hybridized carbons (Fsp3) is 0.250. The van der Waals surface area contributed by atoms with Crippen LogP contribution in [0.4, 0.5) is 0 Å². The number of nitrogens with two attached hydrogens (primary N) is 1. The summed E-state index contributed by atoms with van der Waals surface area (Å²) in [5, 5.41) is 4.24. The third-order valence-electron chi connectivity index (χ3n) is 2.54. The quantitative estimate of drug-likeness (QED) is 0.881. The van der Waals surface area contributed by atoms with E-state index in [2.05, 4.69) is 52.8 Å². The van der Waals surface area contributed by atoms with Crippen LogP contribution in [0.1, 0.15) is 24.1 Å². The van der Waals surface area contributed by atoms with Crippen molar-refractivity contribution in [3.05, 3.63) is 51.4 Å². The van der Waals surface area contributed by atoms with E-state index in [1.54, 1.807) is 0 Å². The van der Waals surface area contributed by atoms with Gasteiger partial charge < -0.3 is 5.73 Å². The predicted octanol–water partition coefficient (Wildman–Crippen LogP) is 2.56. The molecule has 4 heteroatoms. The van der Waals surface area contributed by atoms with Crippen molar-refractivity contribution in [3.8, 4) is 0 Å². The molecule has 0 radical (unpaired) electrons. The molecule has 3 nitrogen and oxygen atoms in total. The Hall–Kier alpha value is -0.880. The second-order valence-electron chi connectivity index (χ2n) is 3.66. The first-order chi connectivity index (χ1) is 7.70. The molecule has 1 atom stereocenters. The average Bonchev–Trinajstić information content (AvgIpc) is 2.76. The maximum Gasteiger partial charge on any atom is 0.0583 e. The molecule has 1 heterocycles. The second-order valence-corrected chi connectivity index (χ2v) is 4.91. The highest BCUT2D eigenvalue weighted by atomic mass is 127. The molecule has 2 rings (SSSR count). The summed E-state index contributed by atoms with van der Waals surface area (Å²) >= 11 is 2.29. The van der Waals surface area contributed by atoms with Gasteiger partial charge in [-0.1, -0.05) is 12.1 Å². The molecule has 1 unspecified atom stereocenters. The van der Waals surface area contributed by atoms with Gasteiger partial charge in [-0.05, 0) is 47.2 Å². The molecule has 0 saturated carbocycles. The molecule has 0 amide bonds. The van der Waals surface area contributed by atoms with Crippen LogP contribution in [-0.2, 0) is 6.54 Å². The van der Waals surface area contributed by atoms with E-state index in [1.807, 2.05) is 23.1 Å². The lowest BCUT2D eigenvalue weighted by molar-refractivity contribution is 0.658. The van der Waals surface area contributed by atoms with Crippen LogP contribution in [-0.4, -0.2) is 9.78 Å². The SMILES string of the molecule is CCn1cc(C(N)c2cccc(I)c2)cn1. The summed E-state index contributed by atoms with van der Waals surface area (Å²) in [7, 11) is 0. The lowest BCUT2D eigenvalue weighted by Crippen LogP contribution is -2.11. The third-order valence-corrected chi connectivity index (χ3v) is 3.22. The maximum absolute atomic E-state index is 6.20. The second kappa shape index (κ2) is 4.97. The van der Waals surface area contributed by atoms with E-state index in [-0.39, 0.29) is 6.04 Å². The average molecular weight is 327 g/mol. The molecule has 0 aliphatic carbocycles. The van der Waals surface area contributed by atoms with Crippen molar-refractivity contribution >= 4 is 22.6 Å². The third kappa shape index (κ3) is 2.44. The summed E-state index contributed by atoms with van der Waals surface area (Å²) in [5.41, 5.74) is 8.38. The fourth-order valence-corrected chi connectivity index (χ4v) is 2.17. The van der Waals surface area contributed by atoms with Crippen molar-refractivity contribution in [2.75, 3.05) is 0 Å². The molecule has 0 fully saturated rings. The van der Waals surface area contributed by atoms with Gasteiger partial charge >= 0.3 is 0 Å². The lowest BCUT2D eigenvalue weighted by atomic mass is 10.0. The first-order valence-corrected chi connectivity index (χ1v) is 6.32. The Morgan fingerprint density at radius 3 is 2.88 bits per heavy atom. The molecule has 1 aromatic heterocycles. The van der Waals surface area contributed by atoms with Gasteiger partial charge in [0.1, 0.15) is 0 Å². The van der Waals surface area contributed by atoms with Gasteiger partial charge in [0.25, 0.3) is 0 Å². The summed E-state index contributed by atoms with van der Waals surface area (Å²) in [6.07, 6.45) is 3.85. The van der Waals surface area contributed by atoms with Crippen molar-refractivity contribution in [2.24, 2.45) is 5.73 Å². The minimum absolute atomic E-state index is 0.0879. The molecule has 0 saturated heterocycles. The van der Waals surface area contributed by atoms with E-state index < -0.39 is 0 Å². The van der Waals surface area contributed by atoms with Gasteiger partial charge in [0.2, 0.25) is 0 Å². The van der Waals surface area contributed by atoms with E-state index in [4.69, 9.17) is 5.73 Å². The first kappa shape index (κ1) is 11.6. The van der Waals surface area contributed by atoms with Crippen molar-refractivity contribution in [3.63, 3.8) is 0 Å². The van der Waals surface area contributed by atoms with Crippen LogP contribution in [0.5, 0.6) is 0 Å². The fourth-order valence-electron chi connectivity index (χ4n) is 1.61. The number of rotatable bonds is 3. The summed E-state index contributed by atoms with van der Waals surface area (Å²) < 4.78 is 3.09. The highest BCUT2D eigenvalue weighted by Crippen LogP contribution is 2.20. The highest BCUT2D eigenvalue weighted by Gasteiger charge is 2.10. The predicted molar refractivity (Wildman–Crippen MR) is 73.1 cm³/mol. The highest BCUT2D eigenvalue weighted by molar-refractivity contribution is 14.1. The van der Waals surface area contributed by atoms with Crippen LogP contribution < -0.4 is 5.73 Å². The Balaban J connectivity index is 2.27. The number of aryl methyl sites for hydroxylation is 1. The number of benzene rings is 1. The Kier molecular flexibility index (Phi) is 3.60. The molecular weight excluding hydrogens is 313 g/mol. The first-order valence-electron chi connectivity index (χ1n) is 5.24. The Morgan fingerprint density at radius 2 is 2.25 bits per heavy atom. The van der Waals surface area contributed by atoms with Crippen LogP contribution in [0.15, 0.2) is 36.7 Å². The van der Waals surface area contributed by atoms with E-state index >= 15 is 0 Å². The zero-order chi connectivity index (χ0) is 11.5. The summed E-state index contributed by atoms with van der Waals surface area (Å²) in [6.45, 7) is 2.94. The lowest BCUT2D eigenvalue weighted by Gasteiger charge is -2.09. The molecule has 1 aromatic carbocycles. The van der Waals surface area contributed by atoms with Crippen LogP contribution in [0, 0.1) is 3.57 Å². The normalized spacial score (nSPS) is 12.7. The Labute approximate surface area is 109 Å². The molecule has 0 aliphatic heterocycles. The van der Waals surface area contributed by atoms with Gasteiger partial charge in [-0.2, -0.15) is 5.10 Å². The molecule has 16 heavy (non-hydrogen) atoms. The van der Waals surface area contributed by atoms with Crippen molar-refractivity contribution < 1.29 is 0 Å². The van der Waals surface area contributed by atoms with Crippen LogP contribution in [0.2, 0.25) is 0 Å². The van der Waals surface area contributed by atoms with Crippen LogP contribution in [0.3, 0.4) is 0 Å². The van der Waals surface area contributed by atoms with Gasteiger partial charge in [0, 0.05) is 21.9 Å². The summed E-state index contributed by atoms with van der Waals surface area (Å²) in [4.78, 5) is 0. The molecule has 0 aliphatic rings. The van der Waals surface area contributed by atoms with E-state index in [1.165, 1.54) is 3.57 Å². The molecule has 2 aromatic rings. The van der Waals surface area contributed by atoms with Crippen molar-refractivity contribution in [1.29, 1.82) is 0 Å². The van der Waals surface area contributed by atoms with E-state index in [0.717, 1.165) is 17.7 Å². The Morgan fingerprint density at radius 1 is 1.44 bits per heavy atom. The van der Waals surface area contributed by atoms with Crippen molar-refractivity contribution in [2.45, 2.75) is 19.5 Å². The van der Waals surface area contributed by atoms with Gasteiger partial charge in [0.15, 0.2) is 0 Å². The minimum Gasteiger partial charge on any atom is -0.320 e. The summed E-state index contributed by atoms with van der Waals surface area (Å²) in [5.74, 6) is 0. The number of aromatic nitrogens is 2. The van der Waals surface area contributed by atoms with E-state index in [0.29, 0.717) is 0 Å². The number of hydrogen-bond acceptors (Lipinski definition) is 2. The number of hydrogen-bond donors (Lipinski definition) is 1. The van der Waals surface area contributed by atoms with E-state index in [9.17, 15) is 0 Å². The largest absolute Gasteiger partial charge is 0.320 e. The maximum atomic E-state index is 6.20. The monoisotopic (exact) mass is 327 g/mol. The zero-order valence-electron chi connectivity index (χ0n) is 9.10. The molecule has 0 spiro atoms. The standard InChI is InChI=1S/C12H14IN3/c1-2-16-8-10(7-15-16)12(14)9-4-3-5-11(13)6-9/h3-8,12H,2,14H2,1H3. The number of halogens is 1. The van der Waals surface area contributed by atoms with Gasteiger partial charge in [-0.25, -0.2) is 0 Å². The van der Waals surface area contributed by atoms with Crippen LogP contribution in [0.25, 0.3) is 0 Å². The molecule has 0 bridgehead atoms.